The lowest BCUT2D eigenvalue weighted by Gasteiger charge is -2.37. The van der Waals surface area contributed by atoms with Gasteiger partial charge in [-0.1, -0.05) is 41.9 Å². The van der Waals surface area contributed by atoms with Crippen LogP contribution in [0.2, 0.25) is 5.02 Å². The van der Waals surface area contributed by atoms with Crippen molar-refractivity contribution in [3.8, 4) is 5.75 Å². The largest absolute Gasteiger partial charge is 0.496 e. The number of carbonyl (C=O) groups excluding carboxylic acids is 3. The van der Waals surface area contributed by atoms with Crippen LogP contribution in [0, 0.1) is 0 Å². The fourth-order valence-electron chi connectivity index (χ4n) is 4.24. The molecule has 4 amide bonds. The van der Waals surface area contributed by atoms with Crippen LogP contribution in [-0.2, 0) is 22.6 Å². The number of hydrogen-bond donors (Lipinski definition) is 1. The van der Waals surface area contributed by atoms with Crippen LogP contribution in [0.15, 0.2) is 48.5 Å². The van der Waals surface area contributed by atoms with Crippen molar-refractivity contribution in [2.24, 2.45) is 0 Å². The summed E-state index contributed by atoms with van der Waals surface area (Å²) in [4.78, 5) is 41.4. The van der Waals surface area contributed by atoms with Crippen molar-refractivity contribution in [1.82, 2.24) is 15.1 Å². The Morgan fingerprint density at radius 3 is 2.58 bits per heavy atom. The van der Waals surface area contributed by atoms with Crippen LogP contribution in [-0.4, -0.2) is 53.4 Å². The first-order chi connectivity index (χ1) is 14.9. The molecule has 2 saturated heterocycles. The normalized spacial score (nSPS) is 17.7. The van der Waals surface area contributed by atoms with E-state index in [0.29, 0.717) is 36.7 Å². The average molecular weight is 442 g/mol. The van der Waals surface area contributed by atoms with Gasteiger partial charge in [-0.25, -0.2) is 4.79 Å². The molecule has 7 nitrogen and oxygen atoms in total. The minimum Gasteiger partial charge on any atom is -0.496 e. The molecule has 2 heterocycles. The summed E-state index contributed by atoms with van der Waals surface area (Å²) in [7, 11) is 1.58. The minimum absolute atomic E-state index is 0.0214. The standard InChI is InChI=1S/C23H24ClN3O4/c1-31-19-8-3-2-6-17(19)14-20(28)26-11-9-23(10-12-26)21(29)27(22(30)25-23)15-16-5-4-7-18(24)13-16/h2-8,13H,9-12,14-15H2,1H3,(H,25,30). The van der Waals surface area contributed by atoms with Crippen LogP contribution < -0.4 is 10.1 Å². The third kappa shape index (κ3) is 4.23. The molecular weight excluding hydrogens is 418 g/mol. The molecule has 0 radical (unpaired) electrons. The van der Waals surface area contributed by atoms with Gasteiger partial charge in [-0.2, -0.15) is 0 Å². The molecule has 1 N–H and O–H groups in total. The van der Waals surface area contributed by atoms with Gasteiger partial charge in [0, 0.05) is 23.7 Å². The SMILES string of the molecule is COc1ccccc1CC(=O)N1CCC2(CC1)NC(=O)N(Cc1cccc(Cl)c1)C2=O. The van der Waals surface area contributed by atoms with Gasteiger partial charge in [0.2, 0.25) is 5.91 Å². The summed E-state index contributed by atoms with van der Waals surface area (Å²) in [5, 5.41) is 3.43. The first-order valence-corrected chi connectivity index (χ1v) is 10.6. The molecule has 8 heteroatoms. The predicted molar refractivity (Wildman–Crippen MR) is 116 cm³/mol. The zero-order chi connectivity index (χ0) is 22.0. The maximum absolute atomic E-state index is 13.1. The number of hydrogen-bond acceptors (Lipinski definition) is 4. The quantitative estimate of drug-likeness (QED) is 0.723. The lowest BCUT2D eigenvalue weighted by atomic mass is 9.87. The lowest BCUT2D eigenvalue weighted by Crippen LogP contribution is -2.56. The number of piperidine rings is 1. The van der Waals surface area contributed by atoms with Gasteiger partial charge in [-0.05, 0) is 36.6 Å². The smallest absolute Gasteiger partial charge is 0.325 e. The Bertz CT molecular complexity index is 1020. The average Bonchev–Trinajstić information content (AvgIpc) is 2.98. The van der Waals surface area contributed by atoms with E-state index in [9.17, 15) is 14.4 Å². The highest BCUT2D eigenvalue weighted by Crippen LogP contribution is 2.31. The number of imide groups is 1. The second kappa shape index (κ2) is 8.59. The fourth-order valence-corrected chi connectivity index (χ4v) is 4.45. The fraction of sp³-hybridized carbons (Fsp3) is 0.348. The van der Waals surface area contributed by atoms with Crippen LogP contribution in [0.3, 0.4) is 0 Å². The van der Waals surface area contributed by atoms with Gasteiger partial charge in [0.05, 0.1) is 20.1 Å². The Kier molecular flexibility index (Phi) is 5.87. The van der Waals surface area contributed by atoms with E-state index in [1.165, 1.54) is 4.90 Å². The number of amides is 4. The second-order valence-corrected chi connectivity index (χ2v) is 8.34. The number of nitrogens with zero attached hydrogens (tertiary/aromatic N) is 2. The van der Waals surface area contributed by atoms with Gasteiger partial charge < -0.3 is 15.0 Å². The molecule has 1 spiro atoms. The number of urea groups is 1. The van der Waals surface area contributed by atoms with Gasteiger partial charge in [-0.3, -0.25) is 14.5 Å². The van der Waals surface area contributed by atoms with Crippen LogP contribution in [0.4, 0.5) is 4.79 Å². The van der Waals surface area contributed by atoms with Gasteiger partial charge in [0.25, 0.3) is 5.91 Å². The van der Waals surface area contributed by atoms with Crippen LogP contribution in [0.1, 0.15) is 24.0 Å². The highest BCUT2D eigenvalue weighted by molar-refractivity contribution is 6.30. The molecule has 0 aliphatic carbocycles. The topological polar surface area (TPSA) is 79.0 Å². The number of nitrogens with one attached hydrogen (secondary N) is 1. The van der Waals surface area contributed by atoms with Crippen molar-refractivity contribution in [1.29, 1.82) is 0 Å². The molecule has 0 atom stereocenters. The molecule has 31 heavy (non-hydrogen) atoms. The van der Waals surface area contributed by atoms with Crippen molar-refractivity contribution >= 4 is 29.4 Å². The number of ether oxygens (including phenoxy) is 1. The molecule has 0 aromatic heterocycles. The number of benzene rings is 2. The lowest BCUT2D eigenvalue weighted by molar-refractivity contribution is -0.138. The van der Waals surface area contributed by atoms with E-state index < -0.39 is 11.6 Å². The van der Waals surface area contributed by atoms with Gasteiger partial charge >= 0.3 is 6.03 Å². The third-order valence-corrected chi connectivity index (χ3v) is 6.21. The monoisotopic (exact) mass is 441 g/mol. The van der Waals surface area contributed by atoms with Crippen molar-refractivity contribution < 1.29 is 19.1 Å². The molecule has 2 aromatic carbocycles. The molecular formula is C23H24ClN3O4. The van der Waals surface area contributed by atoms with Gasteiger partial charge in [-0.15, -0.1) is 0 Å². The van der Waals surface area contributed by atoms with Crippen LogP contribution in [0.5, 0.6) is 5.75 Å². The number of halogens is 1. The maximum atomic E-state index is 13.1. The predicted octanol–water partition coefficient (Wildman–Crippen LogP) is 3.00. The van der Waals surface area contributed by atoms with E-state index >= 15 is 0 Å². The number of carbonyl (C=O) groups is 3. The summed E-state index contributed by atoms with van der Waals surface area (Å²) in [6, 6.07) is 14.1. The summed E-state index contributed by atoms with van der Waals surface area (Å²) >= 11 is 6.02. The molecule has 162 valence electrons. The molecule has 2 aromatic rings. The summed E-state index contributed by atoms with van der Waals surface area (Å²) in [6.45, 7) is 0.986. The number of likely N-dealkylation sites (tertiary alicyclic amines) is 1. The Morgan fingerprint density at radius 1 is 1.13 bits per heavy atom. The minimum atomic E-state index is -0.948. The van der Waals surface area contributed by atoms with Gasteiger partial charge in [0.15, 0.2) is 0 Å². The number of methoxy groups -OCH3 is 1. The zero-order valence-corrected chi connectivity index (χ0v) is 18.0. The molecule has 2 fully saturated rings. The molecule has 4 rings (SSSR count). The van der Waals surface area contributed by atoms with E-state index in [4.69, 9.17) is 16.3 Å². The van der Waals surface area contributed by atoms with Gasteiger partial charge in [0.1, 0.15) is 11.3 Å². The summed E-state index contributed by atoms with van der Waals surface area (Å²) < 4.78 is 5.33. The Hall–Kier alpha value is -3.06. The van der Waals surface area contributed by atoms with Crippen molar-refractivity contribution in [2.45, 2.75) is 31.3 Å². The van der Waals surface area contributed by atoms with E-state index in [0.717, 1.165) is 11.1 Å². The van der Waals surface area contributed by atoms with E-state index in [-0.39, 0.29) is 24.8 Å². The molecule has 0 unspecified atom stereocenters. The highest BCUT2D eigenvalue weighted by atomic mass is 35.5. The number of para-hydroxylation sites is 1. The first kappa shape index (κ1) is 21.2. The van der Waals surface area contributed by atoms with Crippen molar-refractivity contribution in [2.75, 3.05) is 20.2 Å². The summed E-state index contributed by atoms with van der Waals surface area (Å²) in [5.41, 5.74) is 0.669. The first-order valence-electron chi connectivity index (χ1n) is 10.2. The highest BCUT2D eigenvalue weighted by Gasteiger charge is 2.52. The number of rotatable bonds is 5. The van der Waals surface area contributed by atoms with Crippen molar-refractivity contribution in [3.63, 3.8) is 0 Å². The van der Waals surface area contributed by atoms with Crippen molar-refractivity contribution in [3.05, 3.63) is 64.7 Å². The van der Waals surface area contributed by atoms with E-state index in [1.54, 1.807) is 30.2 Å². The zero-order valence-electron chi connectivity index (χ0n) is 17.3. The molecule has 0 saturated carbocycles. The Labute approximate surface area is 185 Å². The molecule has 0 bridgehead atoms. The third-order valence-electron chi connectivity index (χ3n) is 5.98. The molecule has 2 aliphatic heterocycles. The Balaban J connectivity index is 1.40. The van der Waals surface area contributed by atoms with E-state index in [2.05, 4.69) is 5.32 Å². The Morgan fingerprint density at radius 2 is 1.87 bits per heavy atom. The molecule has 2 aliphatic rings. The second-order valence-electron chi connectivity index (χ2n) is 7.90. The van der Waals surface area contributed by atoms with Crippen LogP contribution in [0.25, 0.3) is 0 Å². The van der Waals surface area contributed by atoms with Crippen LogP contribution >= 0.6 is 11.6 Å². The summed E-state index contributed by atoms with van der Waals surface area (Å²) in [5.74, 6) is 0.417. The van der Waals surface area contributed by atoms with E-state index in [1.807, 2.05) is 30.3 Å². The summed E-state index contributed by atoms with van der Waals surface area (Å²) in [6.07, 6.45) is 1.01. The maximum Gasteiger partial charge on any atom is 0.325 e.